The summed E-state index contributed by atoms with van der Waals surface area (Å²) in [6.07, 6.45) is 0. The zero-order valence-corrected chi connectivity index (χ0v) is 15.0. The third-order valence-corrected chi connectivity index (χ3v) is 7.46. The Balaban J connectivity index is 1.88. The summed E-state index contributed by atoms with van der Waals surface area (Å²) >= 11 is 6.92. The Labute approximate surface area is 145 Å². The van der Waals surface area contributed by atoms with Crippen LogP contribution in [0, 0.1) is 6.92 Å². The van der Waals surface area contributed by atoms with E-state index in [-0.39, 0.29) is 28.7 Å². The summed E-state index contributed by atoms with van der Waals surface area (Å²) in [6.45, 7) is 2.56. The van der Waals surface area contributed by atoms with E-state index in [0.717, 1.165) is 11.1 Å². The van der Waals surface area contributed by atoms with E-state index < -0.39 is 15.7 Å². The Morgan fingerprint density at radius 1 is 1.35 bits per heavy atom. The van der Waals surface area contributed by atoms with E-state index >= 15 is 0 Å². The second-order valence-electron chi connectivity index (χ2n) is 5.84. The molecule has 3 rings (SSSR count). The number of carbonyl (C=O) groups is 1. The van der Waals surface area contributed by atoms with Crippen LogP contribution in [0.3, 0.4) is 0 Å². The van der Waals surface area contributed by atoms with Gasteiger partial charge in [-0.25, -0.2) is 8.42 Å². The van der Waals surface area contributed by atoms with Crippen LogP contribution in [0.4, 0.5) is 0 Å². The number of aryl methyl sites for hydroxylation is 1. The van der Waals surface area contributed by atoms with Crippen molar-refractivity contribution in [3.63, 3.8) is 0 Å². The molecule has 2 aliphatic heterocycles. The fraction of sp³-hybridized carbons (Fsp3) is 0.467. The molecular formula is C15H17ClN2O3S2. The molecule has 0 bridgehead atoms. The monoisotopic (exact) mass is 372 g/mol. The quantitative estimate of drug-likeness (QED) is 0.757. The molecule has 0 aliphatic carbocycles. The van der Waals surface area contributed by atoms with E-state index in [0.29, 0.717) is 11.7 Å². The maximum absolute atomic E-state index is 11.9. The van der Waals surface area contributed by atoms with Crippen LogP contribution in [0.15, 0.2) is 29.3 Å². The number of nitrogens with zero attached hydrogens (tertiary/aromatic N) is 2. The number of halogens is 1. The first-order valence-corrected chi connectivity index (χ1v) is 10.5. The van der Waals surface area contributed by atoms with Crippen LogP contribution in [0.5, 0.6) is 0 Å². The van der Waals surface area contributed by atoms with Gasteiger partial charge < -0.3 is 4.90 Å². The first-order valence-electron chi connectivity index (χ1n) is 7.25. The van der Waals surface area contributed by atoms with E-state index in [2.05, 4.69) is 4.99 Å². The van der Waals surface area contributed by atoms with E-state index in [1.165, 1.54) is 11.8 Å². The van der Waals surface area contributed by atoms with Crippen LogP contribution in [0.1, 0.15) is 11.1 Å². The average Bonchev–Trinajstić information content (AvgIpc) is 2.94. The highest BCUT2D eigenvalue weighted by atomic mass is 35.5. The largest absolute Gasteiger partial charge is 0.342 e. The molecule has 1 aromatic rings. The standard InChI is InChI=1S/C15H17ClN2O3S2/c1-10-2-4-11(5-3-10)7-18-12-8-23(20,21)9-13(12)22-15(18)17-14(19)6-16/h2-5,12-13H,6-9H2,1H3/t12-,13+/m1/s1. The van der Waals surface area contributed by atoms with Gasteiger partial charge in [-0.1, -0.05) is 41.6 Å². The summed E-state index contributed by atoms with van der Waals surface area (Å²) in [4.78, 5) is 17.6. The number of fused-ring (bicyclic) bond motifs is 1. The fourth-order valence-corrected chi connectivity index (χ4v) is 6.88. The van der Waals surface area contributed by atoms with E-state index in [1.807, 2.05) is 36.1 Å². The molecule has 1 amide bonds. The molecule has 23 heavy (non-hydrogen) atoms. The number of alkyl halides is 1. The number of aliphatic imine (C=N–C) groups is 1. The second-order valence-corrected chi connectivity index (χ2v) is 9.46. The number of amidine groups is 1. The number of rotatable bonds is 3. The molecule has 1 aromatic carbocycles. The fourth-order valence-electron chi connectivity index (χ4n) is 2.85. The molecule has 124 valence electrons. The third kappa shape index (κ3) is 3.72. The Morgan fingerprint density at radius 3 is 2.70 bits per heavy atom. The molecule has 2 aliphatic rings. The molecular weight excluding hydrogens is 356 g/mol. The summed E-state index contributed by atoms with van der Waals surface area (Å²) in [5.41, 5.74) is 2.23. The zero-order chi connectivity index (χ0) is 16.6. The van der Waals surface area contributed by atoms with Gasteiger partial charge in [0.15, 0.2) is 15.0 Å². The summed E-state index contributed by atoms with van der Waals surface area (Å²) in [5, 5.41) is 0.522. The molecule has 8 heteroatoms. The Hall–Kier alpha value is -1.05. The van der Waals surface area contributed by atoms with Crippen LogP contribution in [-0.4, -0.2) is 53.1 Å². The van der Waals surface area contributed by atoms with Crippen molar-refractivity contribution in [1.29, 1.82) is 0 Å². The lowest BCUT2D eigenvalue weighted by atomic mass is 10.1. The van der Waals surface area contributed by atoms with Crippen molar-refractivity contribution in [2.45, 2.75) is 24.8 Å². The molecule has 0 N–H and O–H groups in total. The average molecular weight is 373 g/mol. The number of hydrogen-bond acceptors (Lipinski definition) is 4. The summed E-state index contributed by atoms with van der Waals surface area (Å²) in [5.74, 6) is -0.312. The smallest absolute Gasteiger partial charge is 0.262 e. The van der Waals surface area contributed by atoms with Crippen molar-refractivity contribution in [2.24, 2.45) is 4.99 Å². The van der Waals surface area contributed by atoms with E-state index in [1.54, 1.807) is 0 Å². The molecule has 0 aromatic heterocycles. The van der Waals surface area contributed by atoms with Crippen molar-refractivity contribution in [3.8, 4) is 0 Å². The number of carbonyl (C=O) groups excluding carboxylic acids is 1. The number of benzene rings is 1. The van der Waals surface area contributed by atoms with Gasteiger partial charge in [-0.05, 0) is 12.5 Å². The van der Waals surface area contributed by atoms with Gasteiger partial charge in [0.25, 0.3) is 5.91 Å². The molecule has 0 unspecified atom stereocenters. The molecule has 0 saturated carbocycles. The molecule has 2 saturated heterocycles. The number of amides is 1. The van der Waals surface area contributed by atoms with Crippen molar-refractivity contribution in [3.05, 3.63) is 35.4 Å². The van der Waals surface area contributed by atoms with Crippen molar-refractivity contribution in [1.82, 2.24) is 4.90 Å². The SMILES string of the molecule is Cc1ccc(CN2C(=NC(=O)CCl)S[C@H]3CS(=O)(=O)C[C@H]32)cc1. The van der Waals surface area contributed by atoms with Gasteiger partial charge >= 0.3 is 0 Å². The summed E-state index contributed by atoms with van der Waals surface area (Å²) in [6, 6.07) is 7.92. The van der Waals surface area contributed by atoms with Gasteiger partial charge in [-0.15, -0.1) is 11.6 Å². The van der Waals surface area contributed by atoms with E-state index in [4.69, 9.17) is 11.6 Å². The van der Waals surface area contributed by atoms with Gasteiger partial charge in [-0.2, -0.15) is 4.99 Å². The summed E-state index contributed by atoms with van der Waals surface area (Å²) < 4.78 is 23.8. The highest BCUT2D eigenvalue weighted by molar-refractivity contribution is 8.15. The minimum Gasteiger partial charge on any atom is -0.342 e. The van der Waals surface area contributed by atoms with Crippen LogP contribution in [-0.2, 0) is 21.2 Å². The predicted octanol–water partition coefficient (Wildman–Crippen LogP) is 1.83. The summed E-state index contributed by atoms with van der Waals surface area (Å²) in [7, 11) is -3.02. The number of sulfone groups is 1. The van der Waals surface area contributed by atoms with Gasteiger partial charge in [0, 0.05) is 11.8 Å². The highest BCUT2D eigenvalue weighted by Gasteiger charge is 2.48. The Morgan fingerprint density at radius 2 is 2.04 bits per heavy atom. The van der Waals surface area contributed by atoms with Crippen molar-refractivity contribution >= 4 is 44.3 Å². The predicted molar refractivity (Wildman–Crippen MR) is 93.7 cm³/mol. The second kappa shape index (κ2) is 6.45. The lowest BCUT2D eigenvalue weighted by Gasteiger charge is -2.24. The van der Waals surface area contributed by atoms with Crippen molar-refractivity contribution in [2.75, 3.05) is 17.4 Å². The number of hydrogen-bond donors (Lipinski definition) is 0. The molecule has 2 fully saturated rings. The minimum absolute atomic E-state index is 0.0627. The molecule has 2 heterocycles. The Kier molecular flexibility index (Phi) is 4.71. The number of thioether (sulfide) groups is 1. The Bertz CT molecular complexity index is 746. The first-order chi connectivity index (χ1) is 10.9. The maximum Gasteiger partial charge on any atom is 0.262 e. The van der Waals surface area contributed by atoms with Gasteiger partial charge in [-0.3, -0.25) is 4.79 Å². The van der Waals surface area contributed by atoms with Crippen molar-refractivity contribution < 1.29 is 13.2 Å². The topological polar surface area (TPSA) is 66.8 Å². The highest BCUT2D eigenvalue weighted by Crippen LogP contribution is 2.39. The molecule has 5 nitrogen and oxygen atoms in total. The first kappa shape index (κ1) is 16.8. The lowest BCUT2D eigenvalue weighted by Crippen LogP contribution is -2.37. The van der Waals surface area contributed by atoms with Crippen LogP contribution in [0.25, 0.3) is 0 Å². The van der Waals surface area contributed by atoms with E-state index in [9.17, 15) is 13.2 Å². The zero-order valence-electron chi connectivity index (χ0n) is 12.6. The molecule has 2 atom stereocenters. The van der Waals surface area contributed by atoms with Crippen LogP contribution in [0.2, 0.25) is 0 Å². The van der Waals surface area contributed by atoms with Crippen LogP contribution >= 0.6 is 23.4 Å². The third-order valence-electron chi connectivity index (χ3n) is 3.98. The maximum atomic E-state index is 11.9. The minimum atomic E-state index is -3.02. The van der Waals surface area contributed by atoms with Crippen LogP contribution < -0.4 is 0 Å². The molecule has 0 radical (unpaired) electrons. The van der Waals surface area contributed by atoms with Gasteiger partial charge in [0.1, 0.15) is 5.88 Å². The lowest BCUT2D eigenvalue weighted by molar-refractivity contribution is -0.115. The van der Waals surface area contributed by atoms with Gasteiger partial charge in [0.2, 0.25) is 0 Å². The van der Waals surface area contributed by atoms with Gasteiger partial charge in [0.05, 0.1) is 17.5 Å². The molecule has 0 spiro atoms. The normalized spacial score (nSPS) is 27.4.